The molecular formula is C20H21N5O2. The highest BCUT2D eigenvalue weighted by Crippen LogP contribution is 2.32. The topological polar surface area (TPSA) is 84.0 Å². The van der Waals surface area contributed by atoms with E-state index in [1.165, 1.54) is 0 Å². The summed E-state index contributed by atoms with van der Waals surface area (Å²) < 4.78 is 5.39. The summed E-state index contributed by atoms with van der Waals surface area (Å²) in [4.78, 5) is 23.4. The number of carbonyl (C=O) groups is 1. The molecule has 0 bridgehead atoms. The van der Waals surface area contributed by atoms with Gasteiger partial charge in [0.15, 0.2) is 5.82 Å². The molecule has 1 fully saturated rings. The molecule has 1 amide bonds. The normalized spacial score (nSPS) is 19.4. The minimum absolute atomic E-state index is 0.0190. The molecule has 27 heavy (non-hydrogen) atoms. The fraction of sp³-hybridized carbons (Fsp3) is 0.300. The highest BCUT2D eigenvalue weighted by molar-refractivity contribution is 5.94. The molecule has 3 aromatic rings. The molecule has 7 nitrogen and oxygen atoms in total. The second-order valence-corrected chi connectivity index (χ2v) is 6.68. The lowest BCUT2D eigenvalue weighted by atomic mass is 9.96. The molecule has 1 aliphatic rings. The number of rotatable bonds is 5. The second-order valence-electron chi connectivity index (χ2n) is 6.68. The number of nitrogens with one attached hydrogen (secondary N) is 1. The lowest BCUT2D eigenvalue weighted by molar-refractivity contribution is 0.0775. The van der Waals surface area contributed by atoms with E-state index in [0.717, 1.165) is 11.4 Å². The zero-order valence-corrected chi connectivity index (χ0v) is 15.1. The van der Waals surface area contributed by atoms with Gasteiger partial charge in [0, 0.05) is 50.0 Å². The van der Waals surface area contributed by atoms with Crippen LogP contribution in [0.1, 0.15) is 22.1 Å². The van der Waals surface area contributed by atoms with E-state index in [-0.39, 0.29) is 17.7 Å². The molecule has 0 unspecified atom stereocenters. The fourth-order valence-electron chi connectivity index (χ4n) is 3.56. The Morgan fingerprint density at radius 1 is 1.22 bits per heavy atom. The maximum absolute atomic E-state index is 12.8. The van der Waals surface area contributed by atoms with E-state index in [9.17, 15) is 4.79 Å². The maximum atomic E-state index is 12.8. The van der Waals surface area contributed by atoms with Gasteiger partial charge in [0.2, 0.25) is 0 Å². The lowest BCUT2D eigenvalue weighted by Crippen LogP contribution is -2.29. The van der Waals surface area contributed by atoms with Crippen molar-refractivity contribution in [1.82, 2.24) is 25.1 Å². The van der Waals surface area contributed by atoms with E-state index >= 15 is 0 Å². The second kappa shape index (κ2) is 7.67. The van der Waals surface area contributed by atoms with Gasteiger partial charge in [-0.25, -0.2) is 4.98 Å². The van der Waals surface area contributed by atoms with Gasteiger partial charge in [0.1, 0.15) is 5.82 Å². The van der Waals surface area contributed by atoms with Gasteiger partial charge in [0.05, 0.1) is 12.2 Å². The largest absolute Gasteiger partial charge is 0.384 e. The highest BCUT2D eigenvalue weighted by Gasteiger charge is 2.38. The number of methoxy groups -OCH3 is 1. The van der Waals surface area contributed by atoms with Crippen molar-refractivity contribution in [3.63, 3.8) is 0 Å². The smallest absolute Gasteiger partial charge is 0.255 e. The van der Waals surface area contributed by atoms with Crippen molar-refractivity contribution >= 4 is 5.91 Å². The number of benzene rings is 1. The first-order valence-corrected chi connectivity index (χ1v) is 8.92. The van der Waals surface area contributed by atoms with Crippen molar-refractivity contribution in [2.75, 3.05) is 26.8 Å². The van der Waals surface area contributed by atoms with Crippen LogP contribution in [0.15, 0.2) is 54.9 Å². The Balaban J connectivity index is 1.56. The van der Waals surface area contributed by atoms with Crippen LogP contribution in [0, 0.1) is 5.92 Å². The van der Waals surface area contributed by atoms with Crippen LogP contribution in [0.3, 0.4) is 0 Å². The molecule has 4 rings (SSSR count). The summed E-state index contributed by atoms with van der Waals surface area (Å²) in [6.45, 7) is 1.75. The van der Waals surface area contributed by atoms with Gasteiger partial charge in [0.25, 0.3) is 5.91 Å². The van der Waals surface area contributed by atoms with E-state index in [4.69, 9.17) is 4.74 Å². The van der Waals surface area contributed by atoms with Gasteiger partial charge >= 0.3 is 0 Å². The summed E-state index contributed by atoms with van der Waals surface area (Å²) in [6.07, 6.45) is 3.26. The van der Waals surface area contributed by atoms with Gasteiger partial charge in [-0.1, -0.05) is 30.3 Å². The molecule has 0 aliphatic carbocycles. The first-order valence-electron chi connectivity index (χ1n) is 8.92. The molecule has 2 atom stereocenters. The van der Waals surface area contributed by atoms with Crippen molar-refractivity contribution < 1.29 is 9.53 Å². The summed E-state index contributed by atoms with van der Waals surface area (Å²) in [7, 11) is 1.68. The average Bonchev–Trinajstić information content (AvgIpc) is 3.36. The highest BCUT2D eigenvalue weighted by atomic mass is 16.5. The quantitative estimate of drug-likeness (QED) is 0.752. The number of amides is 1. The number of likely N-dealkylation sites (tertiary alicyclic amines) is 1. The zero-order valence-electron chi connectivity index (χ0n) is 15.1. The van der Waals surface area contributed by atoms with Gasteiger partial charge in [-0.2, -0.15) is 5.10 Å². The molecule has 1 aromatic carbocycles. The monoisotopic (exact) mass is 363 g/mol. The predicted octanol–water partition coefficient (Wildman–Crippen LogP) is 2.37. The van der Waals surface area contributed by atoms with Gasteiger partial charge in [-0.15, -0.1) is 0 Å². The first-order chi connectivity index (χ1) is 13.3. The van der Waals surface area contributed by atoms with E-state index in [1.54, 1.807) is 31.6 Å². The van der Waals surface area contributed by atoms with Crippen molar-refractivity contribution in [2.24, 2.45) is 5.92 Å². The summed E-state index contributed by atoms with van der Waals surface area (Å²) in [6, 6.07) is 13.4. The summed E-state index contributed by atoms with van der Waals surface area (Å²) in [5, 5.41) is 7.43. The number of hydrogen-bond acceptors (Lipinski definition) is 5. The first kappa shape index (κ1) is 17.4. The Labute approximate surface area is 157 Å². The van der Waals surface area contributed by atoms with Crippen LogP contribution in [0.4, 0.5) is 0 Å². The number of hydrogen-bond donors (Lipinski definition) is 1. The van der Waals surface area contributed by atoms with E-state index in [0.29, 0.717) is 31.1 Å². The van der Waals surface area contributed by atoms with Crippen LogP contribution in [-0.4, -0.2) is 57.8 Å². The van der Waals surface area contributed by atoms with Crippen LogP contribution >= 0.6 is 0 Å². The van der Waals surface area contributed by atoms with Crippen molar-refractivity contribution in [3.8, 4) is 11.4 Å². The van der Waals surface area contributed by atoms with Crippen molar-refractivity contribution in [3.05, 3.63) is 66.2 Å². The van der Waals surface area contributed by atoms with Gasteiger partial charge in [-0.05, 0) is 12.1 Å². The van der Waals surface area contributed by atoms with E-state index in [1.807, 2.05) is 35.2 Å². The van der Waals surface area contributed by atoms with Crippen molar-refractivity contribution in [2.45, 2.75) is 5.92 Å². The zero-order chi connectivity index (χ0) is 18.6. The number of carbonyl (C=O) groups excluding carboxylic acids is 1. The lowest BCUT2D eigenvalue weighted by Gasteiger charge is -2.15. The van der Waals surface area contributed by atoms with Crippen molar-refractivity contribution in [1.29, 1.82) is 0 Å². The molecule has 0 radical (unpaired) electrons. The molecule has 1 N–H and O–H groups in total. The van der Waals surface area contributed by atoms with Crippen LogP contribution in [0.25, 0.3) is 11.4 Å². The Hall–Kier alpha value is -3.06. The van der Waals surface area contributed by atoms with Gasteiger partial charge < -0.3 is 9.64 Å². The third kappa shape index (κ3) is 3.59. The Kier molecular flexibility index (Phi) is 4.93. The number of H-pyrrole nitrogens is 1. The maximum Gasteiger partial charge on any atom is 0.255 e. The minimum Gasteiger partial charge on any atom is -0.384 e. The van der Waals surface area contributed by atoms with Crippen LogP contribution < -0.4 is 0 Å². The number of ether oxygens (including phenoxy) is 1. The third-order valence-corrected chi connectivity index (χ3v) is 4.90. The SMILES string of the molecule is COC[C@@H]1CN(C(=O)c2cccnc2)C[C@H]1c1nc(-c2ccccc2)n[nH]1. The minimum atomic E-state index is -0.0190. The number of pyridine rings is 1. The Morgan fingerprint density at radius 3 is 2.81 bits per heavy atom. The molecule has 0 saturated carbocycles. The molecule has 1 aliphatic heterocycles. The molecule has 0 spiro atoms. The average molecular weight is 363 g/mol. The number of nitrogens with zero attached hydrogens (tertiary/aromatic N) is 4. The summed E-state index contributed by atoms with van der Waals surface area (Å²) in [5.74, 6) is 1.65. The molecule has 2 aromatic heterocycles. The molecular weight excluding hydrogens is 342 g/mol. The number of aromatic nitrogens is 4. The number of aromatic amines is 1. The predicted molar refractivity (Wildman–Crippen MR) is 100 cm³/mol. The Bertz CT molecular complexity index is 897. The summed E-state index contributed by atoms with van der Waals surface area (Å²) >= 11 is 0. The van der Waals surface area contributed by atoms with Crippen LogP contribution in [0.2, 0.25) is 0 Å². The molecule has 138 valence electrons. The third-order valence-electron chi connectivity index (χ3n) is 4.90. The molecule has 7 heteroatoms. The van der Waals surface area contributed by atoms with E-state index < -0.39 is 0 Å². The van der Waals surface area contributed by atoms with Gasteiger partial charge in [-0.3, -0.25) is 14.9 Å². The standard InChI is InChI=1S/C20H21N5O2/c1-27-13-16-11-25(20(26)15-8-5-9-21-10-15)12-17(16)19-22-18(23-24-19)14-6-3-2-4-7-14/h2-10,16-17H,11-13H2,1H3,(H,22,23,24)/t16-,17+/m0/s1. The van der Waals surface area contributed by atoms with Crippen LogP contribution in [0.5, 0.6) is 0 Å². The van der Waals surface area contributed by atoms with E-state index in [2.05, 4.69) is 20.2 Å². The van der Waals surface area contributed by atoms with Crippen LogP contribution in [-0.2, 0) is 4.74 Å². The summed E-state index contributed by atoms with van der Waals surface area (Å²) in [5.41, 5.74) is 1.56. The molecule has 3 heterocycles. The Morgan fingerprint density at radius 2 is 2.07 bits per heavy atom. The molecule has 1 saturated heterocycles. The fourth-order valence-corrected chi connectivity index (χ4v) is 3.56.